The fourth-order valence-electron chi connectivity index (χ4n) is 1.94. The third kappa shape index (κ3) is 2.51. The zero-order valence-corrected chi connectivity index (χ0v) is 11.1. The van der Waals surface area contributed by atoms with Crippen molar-refractivity contribution in [2.45, 2.75) is 6.92 Å². The Labute approximate surface area is 120 Å². The molecule has 3 aromatic rings. The molecule has 0 aromatic carbocycles. The Morgan fingerprint density at radius 1 is 1.19 bits per heavy atom. The van der Waals surface area contributed by atoms with Gasteiger partial charge in [0.05, 0.1) is 0 Å². The van der Waals surface area contributed by atoms with E-state index >= 15 is 0 Å². The van der Waals surface area contributed by atoms with Crippen molar-refractivity contribution < 1.29 is 14.3 Å². The molecule has 1 N–H and O–H groups in total. The van der Waals surface area contributed by atoms with Gasteiger partial charge < -0.3 is 9.52 Å². The Kier molecular flexibility index (Phi) is 3.19. The van der Waals surface area contributed by atoms with Gasteiger partial charge in [0.2, 0.25) is 5.89 Å². The average Bonchev–Trinajstić information content (AvgIpc) is 2.93. The monoisotopic (exact) mass is 281 g/mol. The van der Waals surface area contributed by atoms with Crippen LogP contribution in [0, 0.1) is 6.92 Å². The van der Waals surface area contributed by atoms with Gasteiger partial charge in [-0.15, -0.1) is 0 Å². The van der Waals surface area contributed by atoms with E-state index < -0.39 is 5.97 Å². The molecule has 21 heavy (non-hydrogen) atoms. The second kappa shape index (κ2) is 5.16. The summed E-state index contributed by atoms with van der Waals surface area (Å²) in [6, 6.07) is 8.67. The summed E-state index contributed by atoms with van der Waals surface area (Å²) in [5.74, 6) is -0.775. The lowest BCUT2D eigenvalue weighted by Crippen LogP contribution is -1.99. The highest BCUT2D eigenvalue weighted by molar-refractivity contribution is 5.92. The van der Waals surface area contributed by atoms with E-state index in [2.05, 4.69) is 15.0 Å². The summed E-state index contributed by atoms with van der Waals surface area (Å²) in [7, 11) is 0. The SMILES string of the molecule is Cc1cc(-c2nc(C(=O)O)c(-c3ccccn3)o2)ccn1. The van der Waals surface area contributed by atoms with Gasteiger partial charge in [-0.1, -0.05) is 6.07 Å². The molecule has 104 valence electrons. The van der Waals surface area contributed by atoms with E-state index in [-0.39, 0.29) is 17.3 Å². The van der Waals surface area contributed by atoms with Gasteiger partial charge in [-0.05, 0) is 31.2 Å². The van der Waals surface area contributed by atoms with Crippen molar-refractivity contribution in [3.8, 4) is 22.9 Å². The van der Waals surface area contributed by atoms with Crippen LogP contribution in [0.3, 0.4) is 0 Å². The van der Waals surface area contributed by atoms with E-state index in [0.717, 1.165) is 5.69 Å². The van der Waals surface area contributed by atoms with E-state index in [9.17, 15) is 9.90 Å². The summed E-state index contributed by atoms with van der Waals surface area (Å²) >= 11 is 0. The lowest BCUT2D eigenvalue weighted by atomic mass is 10.2. The van der Waals surface area contributed by atoms with Crippen LogP contribution in [0.5, 0.6) is 0 Å². The zero-order valence-electron chi connectivity index (χ0n) is 11.1. The third-order valence-electron chi connectivity index (χ3n) is 2.87. The summed E-state index contributed by atoms with van der Waals surface area (Å²) in [5, 5.41) is 9.28. The molecule has 0 aliphatic carbocycles. The van der Waals surface area contributed by atoms with Crippen LogP contribution in [0.15, 0.2) is 47.1 Å². The molecule has 0 bridgehead atoms. The minimum absolute atomic E-state index is 0.146. The summed E-state index contributed by atoms with van der Waals surface area (Å²) < 4.78 is 5.62. The van der Waals surface area contributed by atoms with Crippen molar-refractivity contribution in [3.05, 3.63) is 54.1 Å². The van der Waals surface area contributed by atoms with E-state index in [4.69, 9.17) is 4.42 Å². The first kappa shape index (κ1) is 13.0. The first-order valence-corrected chi connectivity index (χ1v) is 6.23. The maximum absolute atomic E-state index is 11.3. The van der Waals surface area contributed by atoms with Crippen molar-refractivity contribution in [2.75, 3.05) is 0 Å². The predicted octanol–water partition coefficient (Wildman–Crippen LogP) is 2.81. The maximum Gasteiger partial charge on any atom is 0.358 e. The number of aromatic carboxylic acids is 1. The number of nitrogens with zero attached hydrogens (tertiary/aromatic N) is 3. The molecule has 0 aliphatic rings. The van der Waals surface area contributed by atoms with Crippen LogP contribution in [-0.2, 0) is 0 Å². The van der Waals surface area contributed by atoms with Gasteiger partial charge in [0, 0.05) is 23.7 Å². The molecule has 0 saturated carbocycles. The second-order valence-corrected chi connectivity index (χ2v) is 4.40. The summed E-state index contributed by atoms with van der Waals surface area (Å²) in [6.45, 7) is 1.84. The predicted molar refractivity (Wildman–Crippen MR) is 74.7 cm³/mol. The molecule has 0 unspecified atom stereocenters. The van der Waals surface area contributed by atoms with Gasteiger partial charge in [0.25, 0.3) is 0 Å². The molecule has 3 rings (SSSR count). The number of hydrogen-bond donors (Lipinski definition) is 1. The average molecular weight is 281 g/mol. The van der Waals surface area contributed by atoms with Crippen LogP contribution < -0.4 is 0 Å². The summed E-state index contributed by atoms with van der Waals surface area (Å²) in [4.78, 5) is 23.6. The molecule has 0 atom stereocenters. The Morgan fingerprint density at radius 3 is 2.71 bits per heavy atom. The van der Waals surface area contributed by atoms with Crippen molar-refractivity contribution in [1.29, 1.82) is 0 Å². The van der Waals surface area contributed by atoms with Gasteiger partial charge in [-0.3, -0.25) is 9.97 Å². The topological polar surface area (TPSA) is 89.1 Å². The Morgan fingerprint density at radius 2 is 2.05 bits per heavy atom. The summed E-state index contributed by atoms with van der Waals surface area (Å²) in [5.41, 5.74) is 1.74. The van der Waals surface area contributed by atoms with Gasteiger partial charge in [-0.25, -0.2) is 9.78 Å². The minimum atomic E-state index is -1.16. The fourth-order valence-corrected chi connectivity index (χ4v) is 1.94. The molecule has 0 spiro atoms. The number of oxazole rings is 1. The first-order chi connectivity index (χ1) is 10.1. The fraction of sp³-hybridized carbons (Fsp3) is 0.0667. The number of carboxylic acids is 1. The van der Waals surface area contributed by atoms with Crippen molar-refractivity contribution in [3.63, 3.8) is 0 Å². The van der Waals surface area contributed by atoms with Crippen LogP contribution in [0.1, 0.15) is 16.2 Å². The van der Waals surface area contributed by atoms with E-state index in [1.165, 1.54) is 0 Å². The highest BCUT2D eigenvalue weighted by Crippen LogP contribution is 2.28. The molecule has 0 saturated heterocycles. The van der Waals surface area contributed by atoms with Crippen LogP contribution in [0.4, 0.5) is 0 Å². The number of carboxylic acid groups (broad SMARTS) is 1. The molecule has 0 aliphatic heterocycles. The molecular weight excluding hydrogens is 270 g/mol. The van der Waals surface area contributed by atoms with Crippen molar-refractivity contribution in [2.24, 2.45) is 0 Å². The molecule has 0 radical (unpaired) electrons. The van der Waals surface area contributed by atoms with E-state index in [1.54, 1.807) is 42.7 Å². The van der Waals surface area contributed by atoms with Gasteiger partial charge in [0.1, 0.15) is 5.69 Å². The molecular formula is C15H11N3O3. The highest BCUT2D eigenvalue weighted by atomic mass is 16.4. The van der Waals surface area contributed by atoms with Crippen molar-refractivity contribution >= 4 is 5.97 Å². The standard InChI is InChI=1S/C15H11N3O3/c1-9-8-10(5-7-16-9)14-18-12(15(19)20)13(21-14)11-4-2-3-6-17-11/h2-8H,1H3,(H,19,20). The zero-order chi connectivity index (χ0) is 14.8. The minimum Gasteiger partial charge on any atom is -0.476 e. The van der Waals surface area contributed by atoms with Crippen LogP contribution in [0.25, 0.3) is 22.9 Å². The molecule has 3 aromatic heterocycles. The Hall–Kier alpha value is -3.02. The molecule has 3 heterocycles. The Bertz CT molecular complexity index is 797. The lowest BCUT2D eigenvalue weighted by Gasteiger charge is -1.97. The van der Waals surface area contributed by atoms with Gasteiger partial charge in [-0.2, -0.15) is 0 Å². The number of carbonyl (C=O) groups is 1. The molecule has 0 amide bonds. The maximum atomic E-state index is 11.3. The van der Waals surface area contributed by atoms with Gasteiger partial charge in [0.15, 0.2) is 11.5 Å². The highest BCUT2D eigenvalue weighted by Gasteiger charge is 2.22. The second-order valence-electron chi connectivity index (χ2n) is 4.40. The van der Waals surface area contributed by atoms with E-state index in [1.807, 2.05) is 6.92 Å². The largest absolute Gasteiger partial charge is 0.476 e. The summed E-state index contributed by atoms with van der Waals surface area (Å²) in [6.07, 6.45) is 3.19. The number of rotatable bonds is 3. The van der Waals surface area contributed by atoms with Crippen LogP contribution in [0.2, 0.25) is 0 Å². The Balaban J connectivity index is 2.15. The molecule has 6 nitrogen and oxygen atoms in total. The number of aryl methyl sites for hydroxylation is 1. The number of aromatic nitrogens is 3. The first-order valence-electron chi connectivity index (χ1n) is 6.23. The van der Waals surface area contributed by atoms with Gasteiger partial charge >= 0.3 is 5.97 Å². The van der Waals surface area contributed by atoms with Crippen LogP contribution in [-0.4, -0.2) is 26.0 Å². The van der Waals surface area contributed by atoms with Crippen LogP contribution >= 0.6 is 0 Å². The smallest absolute Gasteiger partial charge is 0.358 e. The molecule has 0 fully saturated rings. The van der Waals surface area contributed by atoms with Crippen molar-refractivity contribution in [1.82, 2.24) is 15.0 Å². The number of pyridine rings is 2. The normalized spacial score (nSPS) is 10.5. The van der Waals surface area contributed by atoms with E-state index in [0.29, 0.717) is 11.3 Å². The molecule has 6 heteroatoms. The lowest BCUT2D eigenvalue weighted by molar-refractivity contribution is 0.0691. The third-order valence-corrected chi connectivity index (χ3v) is 2.87. The number of hydrogen-bond acceptors (Lipinski definition) is 5. The quantitative estimate of drug-likeness (QED) is 0.794.